The number of hydrogen-bond donors (Lipinski definition) is 1. The first-order valence-electron chi connectivity index (χ1n) is 14.8. The maximum absolute atomic E-state index is 14.5. The summed E-state index contributed by atoms with van der Waals surface area (Å²) in [6.07, 6.45) is -4.75. The molecule has 0 aromatic heterocycles. The van der Waals surface area contributed by atoms with Gasteiger partial charge in [-0.3, -0.25) is 13.9 Å². The van der Waals surface area contributed by atoms with Gasteiger partial charge in [0.2, 0.25) is 11.8 Å². The largest absolute Gasteiger partial charge is 0.416 e. The fraction of sp³-hybridized carbons (Fsp3) is 0.257. The summed E-state index contributed by atoms with van der Waals surface area (Å²) in [6.45, 7) is 4.14. The lowest BCUT2D eigenvalue weighted by molar-refractivity contribution is -0.140. The minimum absolute atomic E-state index is 0.0364. The average molecular weight is 721 g/mol. The fourth-order valence-electron chi connectivity index (χ4n) is 4.93. The first-order valence-corrected chi connectivity index (χ1v) is 17.0. The van der Waals surface area contributed by atoms with Crippen LogP contribution in [0.1, 0.15) is 37.5 Å². The summed E-state index contributed by atoms with van der Waals surface area (Å²) < 4.78 is 70.0. The van der Waals surface area contributed by atoms with Crippen LogP contribution >= 0.6 is 23.2 Å². The van der Waals surface area contributed by atoms with Crippen molar-refractivity contribution in [1.29, 1.82) is 0 Å². The van der Waals surface area contributed by atoms with E-state index in [2.05, 4.69) is 5.32 Å². The number of carbonyl (C=O) groups is 2. The lowest BCUT2D eigenvalue weighted by atomic mass is 10.0. The normalized spacial score (nSPS) is 12.7. The number of nitrogens with one attached hydrogen (secondary N) is 1. The van der Waals surface area contributed by atoms with Gasteiger partial charge in [0.05, 0.1) is 16.1 Å². The molecule has 0 aliphatic rings. The molecular formula is C35H34Cl2F3N3O4S. The molecule has 0 aliphatic carbocycles. The molecule has 4 rings (SSSR count). The minimum Gasteiger partial charge on any atom is -0.350 e. The first kappa shape index (κ1) is 36.8. The second-order valence-electron chi connectivity index (χ2n) is 12.1. The highest BCUT2D eigenvalue weighted by Gasteiger charge is 2.37. The van der Waals surface area contributed by atoms with Gasteiger partial charge in [-0.05, 0) is 74.4 Å². The summed E-state index contributed by atoms with van der Waals surface area (Å²) in [5.74, 6) is -1.38. The van der Waals surface area contributed by atoms with E-state index < -0.39 is 51.7 Å². The van der Waals surface area contributed by atoms with Crippen molar-refractivity contribution in [1.82, 2.24) is 10.2 Å². The first-order chi connectivity index (χ1) is 22.5. The third-order valence-electron chi connectivity index (χ3n) is 7.20. The molecule has 1 atom stereocenters. The number of carbonyl (C=O) groups excluding carboxylic acids is 2. The van der Waals surface area contributed by atoms with Crippen molar-refractivity contribution in [2.24, 2.45) is 0 Å². The van der Waals surface area contributed by atoms with E-state index in [1.165, 1.54) is 41.3 Å². The summed E-state index contributed by atoms with van der Waals surface area (Å²) in [6, 6.07) is 23.1. The van der Waals surface area contributed by atoms with Gasteiger partial charge in [0.15, 0.2) is 0 Å². The molecule has 0 heterocycles. The van der Waals surface area contributed by atoms with Crippen molar-refractivity contribution in [2.45, 2.75) is 56.4 Å². The molecule has 7 nitrogen and oxygen atoms in total. The molecule has 2 amide bonds. The van der Waals surface area contributed by atoms with Crippen molar-refractivity contribution in [3.05, 3.63) is 130 Å². The Morgan fingerprint density at radius 3 is 2.04 bits per heavy atom. The zero-order valence-corrected chi connectivity index (χ0v) is 28.7. The predicted molar refractivity (Wildman–Crippen MR) is 181 cm³/mol. The molecule has 4 aromatic rings. The van der Waals surface area contributed by atoms with Gasteiger partial charge in [-0.15, -0.1) is 0 Å². The minimum atomic E-state index is -4.79. The molecule has 0 aliphatic heterocycles. The summed E-state index contributed by atoms with van der Waals surface area (Å²) in [7, 11) is -4.59. The predicted octanol–water partition coefficient (Wildman–Crippen LogP) is 7.76. The fourth-order valence-corrected chi connectivity index (χ4v) is 6.82. The van der Waals surface area contributed by atoms with Crippen LogP contribution in [0.25, 0.3) is 0 Å². The Morgan fingerprint density at radius 1 is 0.833 bits per heavy atom. The van der Waals surface area contributed by atoms with E-state index in [0.29, 0.717) is 26.5 Å². The Hall–Kier alpha value is -4.06. The van der Waals surface area contributed by atoms with Crippen LogP contribution in [0.3, 0.4) is 0 Å². The maximum Gasteiger partial charge on any atom is 0.416 e. The third kappa shape index (κ3) is 9.52. The van der Waals surface area contributed by atoms with Gasteiger partial charge in [0, 0.05) is 28.5 Å². The Labute approximate surface area is 288 Å². The molecule has 0 spiro atoms. The van der Waals surface area contributed by atoms with Crippen molar-refractivity contribution in [3.63, 3.8) is 0 Å². The smallest absolute Gasteiger partial charge is 0.350 e. The SMILES string of the molecule is CC(C)(C)NC(=O)[C@@H](Cc1ccccc1)N(Cc1ccc(Cl)cc1Cl)C(=O)CN(c1cccc(C(F)(F)F)c1)S(=O)(=O)c1ccccc1. The van der Waals surface area contributed by atoms with Crippen molar-refractivity contribution in [2.75, 3.05) is 10.8 Å². The number of sulfonamides is 1. The number of halogens is 5. The van der Waals surface area contributed by atoms with Gasteiger partial charge < -0.3 is 10.2 Å². The molecular weight excluding hydrogens is 686 g/mol. The van der Waals surface area contributed by atoms with Crippen LogP contribution < -0.4 is 9.62 Å². The van der Waals surface area contributed by atoms with E-state index in [0.717, 1.165) is 12.1 Å². The van der Waals surface area contributed by atoms with E-state index in [-0.39, 0.29) is 28.6 Å². The average Bonchev–Trinajstić information content (AvgIpc) is 3.02. The zero-order valence-electron chi connectivity index (χ0n) is 26.3. The Kier molecular flexibility index (Phi) is 11.5. The lowest BCUT2D eigenvalue weighted by Crippen LogP contribution is -2.56. The summed E-state index contributed by atoms with van der Waals surface area (Å²) in [5.41, 5.74) is -1.08. The maximum atomic E-state index is 14.5. The second kappa shape index (κ2) is 15.0. The lowest BCUT2D eigenvalue weighted by Gasteiger charge is -2.35. The molecule has 48 heavy (non-hydrogen) atoms. The second-order valence-corrected chi connectivity index (χ2v) is 14.8. The van der Waals surface area contributed by atoms with E-state index in [4.69, 9.17) is 23.2 Å². The number of nitrogens with zero attached hydrogens (tertiary/aromatic N) is 2. The van der Waals surface area contributed by atoms with Crippen molar-refractivity contribution < 1.29 is 31.2 Å². The highest BCUT2D eigenvalue weighted by atomic mass is 35.5. The Morgan fingerprint density at radius 2 is 1.46 bits per heavy atom. The Balaban J connectivity index is 1.87. The molecule has 0 bridgehead atoms. The van der Waals surface area contributed by atoms with E-state index in [1.807, 2.05) is 0 Å². The number of hydrogen-bond acceptors (Lipinski definition) is 4. The number of benzene rings is 4. The van der Waals surface area contributed by atoms with Crippen LogP contribution in [0, 0.1) is 0 Å². The van der Waals surface area contributed by atoms with Crippen molar-refractivity contribution in [3.8, 4) is 0 Å². The summed E-state index contributed by atoms with van der Waals surface area (Å²) >= 11 is 12.6. The highest BCUT2D eigenvalue weighted by Crippen LogP contribution is 2.34. The van der Waals surface area contributed by atoms with E-state index in [9.17, 15) is 31.2 Å². The van der Waals surface area contributed by atoms with Crippen LogP contribution in [0.5, 0.6) is 0 Å². The van der Waals surface area contributed by atoms with Gasteiger partial charge >= 0.3 is 6.18 Å². The molecule has 0 unspecified atom stereocenters. The third-order valence-corrected chi connectivity index (χ3v) is 9.57. The van der Waals surface area contributed by atoms with Crippen LogP contribution in [0.4, 0.5) is 18.9 Å². The van der Waals surface area contributed by atoms with Crippen LogP contribution in [0.15, 0.2) is 108 Å². The van der Waals surface area contributed by atoms with E-state index >= 15 is 0 Å². The van der Waals surface area contributed by atoms with Crippen LogP contribution in [-0.4, -0.2) is 43.3 Å². The van der Waals surface area contributed by atoms with Gasteiger partial charge in [-0.1, -0.05) is 83.9 Å². The quantitative estimate of drug-likeness (QED) is 0.172. The van der Waals surface area contributed by atoms with Crippen molar-refractivity contribution >= 4 is 50.7 Å². The molecule has 4 aromatic carbocycles. The topological polar surface area (TPSA) is 86.8 Å². The molecule has 13 heteroatoms. The molecule has 0 fully saturated rings. The van der Waals surface area contributed by atoms with Gasteiger partial charge in [0.1, 0.15) is 12.6 Å². The Bertz CT molecular complexity index is 1850. The number of amides is 2. The number of alkyl halides is 3. The monoisotopic (exact) mass is 719 g/mol. The zero-order chi connectivity index (χ0) is 35.3. The summed E-state index contributed by atoms with van der Waals surface area (Å²) in [5, 5.41) is 3.43. The van der Waals surface area contributed by atoms with Crippen LogP contribution in [-0.2, 0) is 38.8 Å². The van der Waals surface area contributed by atoms with Gasteiger partial charge in [0.25, 0.3) is 10.0 Å². The number of anilines is 1. The molecule has 0 saturated carbocycles. The van der Waals surface area contributed by atoms with Crippen LogP contribution in [0.2, 0.25) is 10.0 Å². The highest BCUT2D eigenvalue weighted by molar-refractivity contribution is 7.92. The van der Waals surface area contributed by atoms with Gasteiger partial charge in [-0.25, -0.2) is 8.42 Å². The number of rotatable bonds is 11. The molecule has 0 saturated heterocycles. The molecule has 254 valence electrons. The standard InChI is InChI=1S/C35H34Cl2F3N3O4S/c1-34(2,3)41-33(45)31(19-24-11-6-4-7-12-24)42(22-25-17-18-27(36)21-30(25)37)32(44)23-43(48(46,47)29-15-8-5-9-16-29)28-14-10-13-26(20-28)35(38,39)40/h4-18,20-21,31H,19,22-23H2,1-3H3,(H,41,45)/t31-/m1/s1. The van der Waals surface area contributed by atoms with E-state index in [1.54, 1.807) is 69.3 Å². The summed E-state index contributed by atoms with van der Waals surface area (Å²) in [4.78, 5) is 29.4. The van der Waals surface area contributed by atoms with Gasteiger partial charge in [-0.2, -0.15) is 13.2 Å². The molecule has 1 N–H and O–H groups in total. The molecule has 0 radical (unpaired) electrons.